The number of piperazine rings is 1. The van der Waals surface area contributed by atoms with Crippen molar-refractivity contribution in [3.63, 3.8) is 0 Å². The summed E-state index contributed by atoms with van der Waals surface area (Å²) in [6.45, 7) is 11.7. The van der Waals surface area contributed by atoms with Gasteiger partial charge in [0.2, 0.25) is 0 Å². The molecule has 0 bridgehead atoms. The van der Waals surface area contributed by atoms with Crippen LogP contribution in [0.15, 0.2) is 22.5 Å². The minimum Gasteiger partial charge on any atom is -0.357 e. The van der Waals surface area contributed by atoms with Crippen LogP contribution in [0, 0.1) is 0 Å². The van der Waals surface area contributed by atoms with Gasteiger partial charge in [0.1, 0.15) is 0 Å². The molecular weight excluding hydrogens is 433 g/mol. The van der Waals surface area contributed by atoms with Crippen LogP contribution in [-0.2, 0) is 6.42 Å². The second-order valence-corrected chi connectivity index (χ2v) is 7.20. The molecule has 1 fully saturated rings. The second kappa shape index (κ2) is 12.1. The van der Waals surface area contributed by atoms with E-state index in [2.05, 4.69) is 58.8 Å². The molecule has 0 aliphatic carbocycles. The minimum absolute atomic E-state index is 0. The summed E-state index contributed by atoms with van der Waals surface area (Å²) in [5.41, 5.74) is 0. The molecule has 0 saturated carbocycles. The van der Waals surface area contributed by atoms with Crippen LogP contribution in [0.5, 0.6) is 0 Å². The number of thiophene rings is 1. The second-order valence-electron chi connectivity index (χ2n) is 6.16. The van der Waals surface area contributed by atoms with E-state index in [0.717, 1.165) is 58.2 Å². The number of aliphatic imine (C=N–C) groups is 1. The molecule has 24 heavy (non-hydrogen) atoms. The van der Waals surface area contributed by atoms with E-state index in [4.69, 9.17) is 4.99 Å². The van der Waals surface area contributed by atoms with Crippen LogP contribution in [0.3, 0.4) is 0 Å². The first kappa shape index (κ1) is 21.7. The van der Waals surface area contributed by atoms with Gasteiger partial charge in [-0.25, -0.2) is 0 Å². The van der Waals surface area contributed by atoms with Gasteiger partial charge in [-0.3, -0.25) is 9.89 Å². The summed E-state index contributed by atoms with van der Waals surface area (Å²) < 4.78 is 0. The van der Waals surface area contributed by atoms with Crippen LogP contribution < -0.4 is 10.6 Å². The van der Waals surface area contributed by atoms with Crippen molar-refractivity contribution >= 4 is 41.3 Å². The number of rotatable bonds is 7. The molecule has 2 N–H and O–H groups in total. The van der Waals surface area contributed by atoms with E-state index in [1.54, 1.807) is 0 Å². The third-order valence-electron chi connectivity index (χ3n) is 4.26. The van der Waals surface area contributed by atoms with Crippen molar-refractivity contribution in [2.45, 2.75) is 26.3 Å². The van der Waals surface area contributed by atoms with Gasteiger partial charge in [-0.15, -0.1) is 35.3 Å². The molecule has 7 heteroatoms. The largest absolute Gasteiger partial charge is 0.357 e. The van der Waals surface area contributed by atoms with Crippen LogP contribution >= 0.6 is 35.3 Å². The van der Waals surface area contributed by atoms with E-state index in [1.807, 2.05) is 11.3 Å². The molecule has 138 valence electrons. The maximum absolute atomic E-state index is 4.77. The first-order chi connectivity index (χ1) is 11.2. The van der Waals surface area contributed by atoms with Gasteiger partial charge in [-0.05, 0) is 38.8 Å². The number of likely N-dealkylation sites (N-methyl/N-ethyl adjacent to an activating group) is 1. The third-order valence-corrected chi connectivity index (χ3v) is 5.20. The number of nitrogens with zero attached hydrogens (tertiary/aromatic N) is 3. The fraction of sp³-hybridized carbons (Fsp3) is 0.706. The molecule has 2 heterocycles. The van der Waals surface area contributed by atoms with Crippen molar-refractivity contribution in [3.8, 4) is 0 Å². The first-order valence-electron chi connectivity index (χ1n) is 8.66. The molecule has 5 nitrogen and oxygen atoms in total. The lowest BCUT2D eigenvalue weighted by molar-refractivity contribution is 0.122. The molecule has 1 atom stereocenters. The molecule has 1 aliphatic heterocycles. The molecule has 1 aliphatic rings. The Morgan fingerprint density at radius 2 is 2.04 bits per heavy atom. The summed E-state index contributed by atoms with van der Waals surface area (Å²) in [6, 6.07) is 4.79. The highest BCUT2D eigenvalue weighted by molar-refractivity contribution is 14.0. The number of hydrogen-bond donors (Lipinski definition) is 2. The van der Waals surface area contributed by atoms with Crippen LogP contribution in [0.2, 0.25) is 0 Å². The fourth-order valence-electron chi connectivity index (χ4n) is 2.70. The Balaban J connectivity index is 0.00000288. The number of nitrogens with one attached hydrogen (secondary N) is 2. The quantitative estimate of drug-likeness (QED) is 0.368. The van der Waals surface area contributed by atoms with Crippen molar-refractivity contribution in [2.24, 2.45) is 4.99 Å². The van der Waals surface area contributed by atoms with Gasteiger partial charge >= 0.3 is 0 Å². The first-order valence-corrected chi connectivity index (χ1v) is 9.54. The van der Waals surface area contributed by atoms with Crippen LogP contribution in [0.1, 0.15) is 18.7 Å². The number of hydrogen-bond acceptors (Lipinski definition) is 4. The zero-order valence-corrected chi connectivity index (χ0v) is 18.3. The van der Waals surface area contributed by atoms with E-state index >= 15 is 0 Å². The van der Waals surface area contributed by atoms with Crippen molar-refractivity contribution in [1.29, 1.82) is 0 Å². The van der Waals surface area contributed by atoms with E-state index in [0.29, 0.717) is 6.04 Å². The Kier molecular flexibility index (Phi) is 10.9. The molecule has 2 rings (SSSR count). The summed E-state index contributed by atoms with van der Waals surface area (Å²) in [6.07, 6.45) is 1.05. The van der Waals surface area contributed by atoms with Gasteiger partial charge in [0.15, 0.2) is 5.96 Å². The Hall–Kier alpha value is -0.380. The topological polar surface area (TPSA) is 42.9 Å². The standard InChI is InChI=1S/C17H31N5S.HI/c1-4-18-17(19-8-7-16-6-5-13-23-16)20-14-15(2)22-11-9-21(3)10-12-22;/h5-6,13,15H,4,7-12,14H2,1-3H3,(H2,18,19,20);1H. The Labute approximate surface area is 167 Å². The van der Waals surface area contributed by atoms with Gasteiger partial charge in [-0.1, -0.05) is 6.07 Å². The molecule has 1 saturated heterocycles. The molecule has 1 unspecified atom stereocenters. The predicted molar refractivity (Wildman–Crippen MR) is 116 cm³/mol. The number of guanidine groups is 1. The summed E-state index contributed by atoms with van der Waals surface area (Å²) in [7, 11) is 2.20. The van der Waals surface area contributed by atoms with E-state index in [9.17, 15) is 0 Å². The lowest BCUT2D eigenvalue weighted by Crippen LogP contribution is -2.49. The Bertz CT molecular complexity index is 458. The van der Waals surface area contributed by atoms with E-state index in [1.165, 1.54) is 4.88 Å². The predicted octanol–water partition coefficient (Wildman–Crippen LogP) is 2.10. The lowest BCUT2D eigenvalue weighted by Gasteiger charge is -2.35. The summed E-state index contributed by atoms with van der Waals surface area (Å²) in [5, 5.41) is 8.92. The monoisotopic (exact) mass is 465 g/mol. The smallest absolute Gasteiger partial charge is 0.191 e. The zero-order valence-electron chi connectivity index (χ0n) is 15.1. The molecule has 0 amide bonds. The summed E-state index contributed by atoms with van der Waals surface area (Å²) in [4.78, 5) is 11.1. The highest BCUT2D eigenvalue weighted by atomic mass is 127. The number of halogens is 1. The van der Waals surface area contributed by atoms with Crippen molar-refractivity contribution < 1.29 is 0 Å². The van der Waals surface area contributed by atoms with Gasteiger partial charge < -0.3 is 15.5 Å². The minimum atomic E-state index is 0. The average Bonchev–Trinajstić information content (AvgIpc) is 3.06. The van der Waals surface area contributed by atoms with E-state index in [-0.39, 0.29) is 24.0 Å². The normalized spacial score (nSPS) is 18.0. The van der Waals surface area contributed by atoms with Crippen LogP contribution in [0.4, 0.5) is 0 Å². The SMILES string of the molecule is CCNC(=NCC(C)N1CCN(C)CC1)NCCc1cccs1.I. The van der Waals surface area contributed by atoms with Gasteiger partial charge in [0, 0.05) is 50.2 Å². The maximum Gasteiger partial charge on any atom is 0.191 e. The zero-order chi connectivity index (χ0) is 16.5. The summed E-state index contributed by atoms with van der Waals surface area (Å²) >= 11 is 1.81. The van der Waals surface area contributed by atoms with Gasteiger partial charge in [0.25, 0.3) is 0 Å². The van der Waals surface area contributed by atoms with Gasteiger partial charge in [-0.2, -0.15) is 0 Å². The summed E-state index contributed by atoms with van der Waals surface area (Å²) in [5.74, 6) is 0.935. The van der Waals surface area contributed by atoms with Crippen molar-refractivity contribution in [3.05, 3.63) is 22.4 Å². The fourth-order valence-corrected chi connectivity index (χ4v) is 3.41. The molecule has 1 aromatic heterocycles. The van der Waals surface area contributed by atoms with Crippen molar-refractivity contribution in [2.75, 3.05) is 52.9 Å². The molecule has 0 aromatic carbocycles. The maximum atomic E-state index is 4.77. The Morgan fingerprint density at radius 1 is 1.29 bits per heavy atom. The highest BCUT2D eigenvalue weighted by Gasteiger charge is 2.18. The Morgan fingerprint density at radius 3 is 2.67 bits per heavy atom. The molecular formula is C17H32IN5S. The molecule has 1 aromatic rings. The van der Waals surface area contributed by atoms with E-state index < -0.39 is 0 Å². The van der Waals surface area contributed by atoms with Gasteiger partial charge in [0.05, 0.1) is 6.54 Å². The van der Waals surface area contributed by atoms with Crippen LogP contribution in [-0.4, -0.2) is 74.7 Å². The van der Waals surface area contributed by atoms with Crippen molar-refractivity contribution in [1.82, 2.24) is 20.4 Å². The van der Waals surface area contributed by atoms with Crippen LogP contribution in [0.25, 0.3) is 0 Å². The lowest BCUT2D eigenvalue weighted by atomic mass is 10.2. The molecule has 0 radical (unpaired) electrons. The average molecular weight is 465 g/mol. The third kappa shape index (κ3) is 7.67. The molecule has 0 spiro atoms. The highest BCUT2D eigenvalue weighted by Crippen LogP contribution is 2.08.